The van der Waals surface area contributed by atoms with Gasteiger partial charge in [-0.2, -0.15) is 0 Å². The Bertz CT molecular complexity index is 777. The maximum atomic E-state index is 14.3. The number of rotatable bonds is 1. The molecular weight excluding hydrogens is 263 g/mol. The highest BCUT2D eigenvalue weighted by molar-refractivity contribution is 6.33. The Morgan fingerprint density at radius 2 is 1.89 bits per heavy atom. The first-order valence-electron chi connectivity index (χ1n) is 5.96. The van der Waals surface area contributed by atoms with E-state index in [9.17, 15) is 4.39 Å². The third-order valence-electron chi connectivity index (χ3n) is 3.29. The molecule has 4 heteroatoms. The molecule has 96 valence electrons. The number of fused-ring (bicyclic) bond motifs is 1. The number of hydrogen-bond donors (Lipinski definition) is 0. The fourth-order valence-electron chi connectivity index (χ4n) is 2.23. The molecule has 0 saturated heterocycles. The van der Waals surface area contributed by atoms with Crippen LogP contribution in [0.5, 0.6) is 0 Å². The molecule has 0 spiro atoms. The molecule has 19 heavy (non-hydrogen) atoms. The molecule has 0 saturated carbocycles. The number of aromatic nitrogens is 2. The highest BCUT2D eigenvalue weighted by atomic mass is 35.5. The number of aryl methyl sites for hydroxylation is 2. The lowest BCUT2D eigenvalue weighted by Crippen LogP contribution is -1.97. The molecule has 0 bridgehead atoms. The van der Waals surface area contributed by atoms with E-state index in [1.54, 1.807) is 19.1 Å². The van der Waals surface area contributed by atoms with Crippen LogP contribution < -0.4 is 0 Å². The van der Waals surface area contributed by atoms with Crippen LogP contribution in [0.4, 0.5) is 4.39 Å². The van der Waals surface area contributed by atoms with E-state index < -0.39 is 0 Å². The maximum absolute atomic E-state index is 14.3. The van der Waals surface area contributed by atoms with E-state index >= 15 is 0 Å². The monoisotopic (exact) mass is 274 g/mol. The molecular formula is C15H12ClFN2. The molecule has 0 radical (unpaired) electrons. The summed E-state index contributed by atoms with van der Waals surface area (Å²) in [5.74, 6) is 0.235. The summed E-state index contributed by atoms with van der Waals surface area (Å²) in [6.45, 7) is 1.72. The van der Waals surface area contributed by atoms with Gasteiger partial charge in [-0.3, -0.25) is 0 Å². The number of hydrogen-bond acceptors (Lipinski definition) is 1. The Labute approximate surface area is 115 Å². The average Bonchev–Trinajstić information content (AvgIpc) is 2.73. The third-order valence-corrected chi connectivity index (χ3v) is 3.61. The smallest absolute Gasteiger partial charge is 0.145 e. The third kappa shape index (κ3) is 1.81. The second-order valence-corrected chi connectivity index (χ2v) is 4.94. The summed E-state index contributed by atoms with van der Waals surface area (Å²) in [5, 5.41) is 0.376. The SMILES string of the molecule is Cc1ccc(Cl)c(-c2nc3ccccc3n2C)c1F. The average molecular weight is 275 g/mol. The fourth-order valence-corrected chi connectivity index (χ4v) is 2.46. The van der Waals surface area contributed by atoms with Crippen molar-refractivity contribution in [3.63, 3.8) is 0 Å². The van der Waals surface area contributed by atoms with Crippen molar-refractivity contribution in [2.45, 2.75) is 6.92 Å². The van der Waals surface area contributed by atoms with Gasteiger partial charge in [0.15, 0.2) is 0 Å². The molecule has 2 nitrogen and oxygen atoms in total. The van der Waals surface area contributed by atoms with Crippen LogP contribution in [0, 0.1) is 12.7 Å². The first-order chi connectivity index (χ1) is 9.09. The number of nitrogens with zero attached hydrogens (tertiary/aromatic N) is 2. The summed E-state index contributed by atoms with van der Waals surface area (Å²) in [5.41, 5.74) is 2.71. The molecule has 0 atom stereocenters. The lowest BCUT2D eigenvalue weighted by Gasteiger charge is -2.08. The minimum atomic E-state index is -0.314. The summed E-state index contributed by atoms with van der Waals surface area (Å²) in [4.78, 5) is 4.48. The summed E-state index contributed by atoms with van der Waals surface area (Å²) in [6, 6.07) is 11.1. The van der Waals surface area contributed by atoms with Crippen molar-refractivity contribution in [2.24, 2.45) is 7.05 Å². The van der Waals surface area contributed by atoms with Gasteiger partial charge in [0.2, 0.25) is 0 Å². The normalized spacial score (nSPS) is 11.2. The molecule has 0 unspecified atom stereocenters. The molecule has 0 fully saturated rings. The molecule has 0 amide bonds. The van der Waals surface area contributed by atoms with Gasteiger partial charge in [0.1, 0.15) is 11.6 Å². The van der Waals surface area contributed by atoms with Gasteiger partial charge in [-0.1, -0.05) is 29.8 Å². The van der Waals surface area contributed by atoms with Crippen LogP contribution in [0.25, 0.3) is 22.4 Å². The van der Waals surface area contributed by atoms with Crippen molar-refractivity contribution in [3.05, 3.63) is 52.8 Å². The van der Waals surface area contributed by atoms with Crippen LogP contribution >= 0.6 is 11.6 Å². The molecule has 3 rings (SSSR count). The van der Waals surface area contributed by atoms with Crippen LogP contribution in [-0.2, 0) is 7.05 Å². The molecule has 1 aromatic heterocycles. The Morgan fingerprint density at radius 3 is 2.63 bits per heavy atom. The van der Waals surface area contributed by atoms with Crippen molar-refractivity contribution >= 4 is 22.6 Å². The van der Waals surface area contributed by atoms with Crippen LogP contribution in [0.1, 0.15) is 5.56 Å². The Morgan fingerprint density at radius 1 is 1.16 bits per heavy atom. The van der Waals surface area contributed by atoms with E-state index in [0.29, 0.717) is 22.0 Å². The van der Waals surface area contributed by atoms with Crippen LogP contribution in [0.2, 0.25) is 5.02 Å². The molecule has 0 aliphatic carbocycles. The summed E-state index contributed by atoms with van der Waals surface area (Å²) in [7, 11) is 1.86. The van der Waals surface area contributed by atoms with E-state index in [4.69, 9.17) is 11.6 Å². The maximum Gasteiger partial charge on any atom is 0.145 e. The topological polar surface area (TPSA) is 17.8 Å². The zero-order chi connectivity index (χ0) is 13.6. The predicted molar refractivity (Wildman–Crippen MR) is 75.9 cm³/mol. The first-order valence-corrected chi connectivity index (χ1v) is 6.34. The Hall–Kier alpha value is -1.87. The van der Waals surface area contributed by atoms with Crippen LogP contribution in [0.3, 0.4) is 0 Å². The Balaban J connectivity index is 2.37. The lowest BCUT2D eigenvalue weighted by molar-refractivity contribution is 0.620. The molecule has 2 aromatic carbocycles. The van der Waals surface area contributed by atoms with Gasteiger partial charge >= 0.3 is 0 Å². The molecule has 0 N–H and O–H groups in total. The fraction of sp³-hybridized carbons (Fsp3) is 0.133. The first kappa shape index (κ1) is 12.2. The second kappa shape index (κ2) is 4.35. The van der Waals surface area contributed by atoms with E-state index in [0.717, 1.165) is 11.0 Å². The van der Waals surface area contributed by atoms with Crippen LogP contribution in [0.15, 0.2) is 36.4 Å². The molecule has 0 aliphatic heterocycles. The standard InChI is InChI=1S/C15H12ClFN2/c1-9-7-8-10(16)13(14(9)17)15-18-11-5-3-4-6-12(11)19(15)2/h3-8H,1-2H3. The highest BCUT2D eigenvalue weighted by Crippen LogP contribution is 2.33. The van der Waals surface area contributed by atoms with Crippen molar-refractivity contribution in [3.8, 4) is 11.4 Å². The number of benzene rings is 2. The second-order valence-electron chi connectivity index (χ2n) is 4.54. The van der Waals surface area contributed by atoms with Gasteiger partial charge in [-0.15, -0.1) is 0 Å². The van der Waals surface area contributed by atoms with E-state index in [2.05, 4.69) is 4.98 Å². The van der Waals surface area contributed by atoms with Crippen LogP contribution in [-0.4, -0.2) is 9.55 Å². The van der Waals surface area contributed by atoms with E-state index in [1.165, 1.54) is 0 Å². The van der Waals surface area contributed by atoms with Crippen molar-refractivity contribution < 1.29 is 4.39 Å². The molecule has 3 aromatic rings. The van der Waals surface area contributed by atoms with Crippen molar-refractivity contribution in [1.82, 2.24) is 9.55 Å². The van der Waals surface area contributed by atoms with Gasteiger partial charge < -0.3 is 4.57 Å². The van der Waals surface area contributed by atoms with Gasteiger partial charge in [0.25, 0.3) is 0 Å². The quantitative estimate of drug-likeness (QED) is 0.645. The minimum absolute atomic E-state index is 0.314. The minimum Gasteiger partial charge on any atom is -0.327 e. The van der Waals surface area contributed by atoms with E-state index in [1.807, 2.05) is 35.9 Å². The summed E-state index contributed by atoms with van der Waals surface area (Å²) >= 11 is 6.14. The lowest BCUT2D eigenvalue weighted by atomic mass is 10.1. The van der Waals surface area contributed by atoms with Crippen molar-refractivity contribution in [1.29, 1.82) is 0 Å². The molecule has 1 heterocycles. The van der Waals surface area contributed by atoms with Gasteiger partial charge in [0, 0.05) is 7.05 Å². The van der Waals surface area contributed by atoms with E-state index in [-0.39, 0.29) is 5.82 Å². The largest absolute Gasteiger partial charge is 0.327 e. The summed E-state index contributed by atoms with van der Waals surface area (Å²) < 4.78 is 16.2. The number of para-hydroxylation sites is 2. The predicted octanol–water partition coefficient (Wildman–Crippen LogP) is 4.34. The van der Waals surface area contributed by atoms with Crippen molar-refractivity contribution in [2.75, 3.05) is 0 Å². The highest BCUT2D eigenvalue weighted by Gasteiger charge is 2.18. The van der Waals surface area contributed by atoms with Gasteiger partial charge in [-0.05, 0) is 30.7 Å². The zero-order valence-electron chi connectivity index (χ0n) is 10.6. The molecule has 0 aliphatic rings. The summed E-state index contributed by atoms with van der Waals surface area (Å²) in [6.07, 6.45) is 0. The van der Waals surface area contributed by atoms with Gasteiger partial charge in [-0.25, -0.2) is 9.37 Å². The van der Waals surface area contributed by atoms with Gasteiger partial charge in [0.05, 0.1) is 21.6 Å². The Kier molecular flexibility index (Phi) is 2.79. The number of halogens is 2. The zero-order valence-corrected chi connectivity index (χ0v) is 11.4. The number of imidazole rings is 1.